The molecule has 0 bridgehead atoms. The molecule has 0 unspecified atom stereocenters. The lowest BCUT2D eigenvalue weighted by molar-refractivity contribution is -0.111. The normalized spacial score (nSPS) is 11.4. The molecule has 25 heavy (non-hydrogen) atoms. The Hall–Kier alpha value is -3.28. The number of carbonyl (C=O) groups is 1. The minimum atomic E-state index is -0.0924. The Labute approximate surface area is 145 Å². The van der Waals surface area contributed by atoms with Crippen molar-refractivity contribution in [3.63, 3.8) is 0 Å². The van der Waals surface area contributed by atoms with Gasteiger partial charge >= 0.3 is 0 Å². The topological polar surface area (TPSA) is 80.4 Å². The number of furan rings is 1. The van der Waals surface area contributed by atoms with Gasteiger partial charge in [-0.15, -0.1) is 0 Å². The Bertz CT molecular complexity index is 930. The minimum absolute atomic E-state index is 0.0924. The van der Waals surface area contributed by atoms with Gasteiger partial charge < -0.3 is 9.73 Å². The molecule has 2 aromatic heterocycles. The van der Waals surface area contributed by atoms with Crippen molar-refractivity contribution in [1.82, 2.24) is 9.97 Å². The highest BCUT2D eigenvalue weighted by molar-refractivity contribution is 6.38. The predicted molar refractivity (Wildman–Crippen MR) is 97.6 cm³/mol. The smallest absolute Gasteiger partial charge is 0.173 e. The van der Waals surface area contributed by atoms with E-state index in [9.17, 15) is 4.79 Å². The van der Waals surface area contributed by atoms with E-state index in [-0.39, 0.29) is 5.78 Å². The van der Waals surface area contributed by atoms with Gasteiger partial charge in [-0.25, -0.2) is 15.0 Å². The van der Waals surface area contributed by atoms with E-state index in [0.29, 0.717) is 22.9 Å². The van der Waals surface area contributed by atoms with E-state index in [1.165, 1.54) is 13.3 Å². The van der Waals surface area contributed by atoms with E-state index in [2.05, 4.69) is 20.3 Å². The zero-order valence-corrected chi connectivity index (χ0v) is 14.3. The summed E-state index contributed by atoms with van der Waals surface area (Å²) in [6.45, 7) is 4.99. The van der Waals surface area contributed by atoms with Gasteiger partial charge in [0.15, 0.2) is 11.6 Å². The van der Waals surface area contributed by atoms with Crippen LogP contribution in [-0.2, 0) is 4.79 Å². The van der Waals surface area contributed by atoms with E-state index in [1.807, 2.05) is 43.3 Å². The van der Waals surface area contributed by atoms with Crippen LogP contribution in [0.15, 0.2) is 58.4 Å². The molecule has 0 fully saturated rings. The van der Waals surface area contributed by atoms with Crippen LogP contribution < -0.4 is 5.32 Å². The third-order valence-electron chi connectivity index (χ3n) is 3.76. The first-order valence-electron chi connectivity index (χ1n) is 7.84. The summed E-state index contributed by atoms with van der Waals surface area (Å²) < 4.78 is 5.50. The third kappa shape index (κ3) is 3.63. The largest absolute Gasteiger partial charge is 0.464 e. The fourth-order valence-electron chi connectivity index (χ4n) is 2.30. The number of carbonyl (C=O) groups excluding carboxylic acids is 1. The van der Waals surface area contributed by atoms with Crippen LogP contribution in [0.1, 0.15) is 19.5 Å². The van der Waals surface area contributed by atoms with Gasteiger partial charge in [0.1, 0.15) is 17.8 Å². The van der Waals surface area contributed by atoms with Crippen LogP contribution in [0.3, 0.4) is 0 Å². The van der Waals surface area contributed by atoms with Crippen LogP contribution in [0.5, 0.6) is 0 Å². The van der Waals surface area contributed by atoms with Gasteiger partial charge in [-0.2, -0.15) is 0 Å². The maximum atomic E-state index is 11.5. The van der Waals surface area contributed by atoms with Crippen molar-refractivity contribution in [2.75, 3.05) is 5.32 Å². The Balaban J connectivity index is 2.05. The molecule has 1 N–H and O–H groups in total. The molecule has 0 aliphatic carbocycles. The number of nitrogens with one attached hydrogen (secondary N) is 1. The molecule has 6 nitrogen and oxygen atoms in total. The molecule has 3 rings (SSSR count). The Morgan fingerprint density at radius 1 is 1.12 bits per heavy atom. The monoisotopic (exact) mass is 334 g/mol. The van der Waals surface area contributed by atoms with Gasteiger partial charge in [0.25, 0.3) is 0 Å². The highest BCUT2D eigenvalue weighted by atomic mass is 16.3. The zero-order valence-electron chi connectivity index (χ0n) is 14.3. The first kappa shape index (κ1) is 16.6. The first-order chi connectivity index (χ1) is 12.1. The van der Waals surface area contributed by atoms with Crippen molar-refractivity contribution >= 4 is 28.7 Å². The Morgan fingerprint density at radius 3 is 2.64 bits per heavy atom. The highest BCUT2D eigenvalue weighted by Gasteiger charge is 2.13. The van der Waals surface area contributed by atoms with Crippen molar-refractivity contribution in [2.24, 2.45) is 4.99 Å². The number of hydrogen-bond acceptors (Lipinski definition) is 6. The van der Waals surface area contributed by atoms with Crippen LogP contribution in [0, 0.1) is 6.92 Å². The van der Waals surface area contributed by atoms with Crippen molar-refractivity contribution in [3.05, 3.63) is 54.7 Å². The SMILES string of the molecule is CC(=O)C(C)=Nc1c(C)ncnc1Nc1ccccc1-c1ccco1. The molecular weight excluding hydrogens is 316 g/mol. The molecular formula is C19H18N4O2. The van der Waals surface area contributed by atoms with E-state index in [0.717, 1.165) is 17.0 Å². The van der Waals surface area contributed by atoms with Gasteiger partial charge in [-0.05, 0) is 38.1 Å². The number of rotatable bonds is 5. The van der Waals surface area contributed by atoms with Gasteiger partial charge in [0.2, 0.25) is 0 Å². The molecule has 3 aromatic rings. The number of nitrogens with zero attached hydrogens (tertiary/aromatic N) is 3. The highest BCUT2D eigenvalue weighted by Crippen LogP contribution is 2.33. The fraction of sp³-hybridized carbons (Fsp3) is 0.158. The van der Waals surface area contributed by atoms with Crippen molar-refractivity contribution in [1.29, 1.82) is 0 Å². The number of aromatic nitrogens is 2. The molecule has 0 spiro atoms. The maximum Gasteiger partial charge on any atom is 0.173 e. The predicted octanol–water partition coefficient (Wildman–Crippen LogP) is 4.47. The molecule has 6 heteroatoms. The standard InChI is InChI=1S/C19H18N4O2/c1-12(14(3)24)22-18-13(2)20-11-21-19(18)23-16-8-5-4-7-15(16)17-9-6-10-25-17/h4-11H,1-3H3,(H,20,21,23). The lowest BCUT2D eigenvalue weighted by atomic mass is 10.1. The number of para-hydroxylation sites is 1. The summed E-state index contributed by atoms with van der Waals surface area (Å²) in [6, 6.07) is 11.5. The summed E-state index contributed by atoms with van der Waals surface area (Å²) >= 11 is 0. The summed E-state index contributed by atoms with van der Waals surface area (Å²) in [5.41, 5.74) is 3.37. The maximum absolute atomic E-state index is 11.5. The number of hydrogen-bond donors (Lipinski definition) is 1. The summed E-state index contributed by atoms with van der Waals surface area (Å²) in [5, 5.41) is 3.29. The van der Waals surface area contributed by atoms with E-state index in [4.69, 9.17) is 4.42 Å². The summed E-state index contributed by atoms with van der Waals surface area (Å²) in [6.07, 6.45) is 3.10. The average molecular weight is 334 g/mol. The van der Waals surface area contributed by atoms with Crippen LogP contribution in [0.2, 0.25) is 0 Å². The van der Waals surface area contributed by atoms with Gasteiger partial charge in [0, 0.05) is 12.5 Å². The molecule has 2 heterocycles. The molecule has 0 aliphatic heterocycles. The molecule has 0 saturated carbocycles. The third-order valence-corrected chi connectivity index (χ3v) is 3.76. The van der Waals surface area contributed by atoms with E-state index >= 15 is 0 Å². The summed E-state index contributed by atoms with van der Waals surface area (Å²) in [7, 11) is 0. The van der Waals surface area contributed by atoms with E-state index < -0.39 is 0 Å². The van der Waals surface area contributed by atoms with E-state index in [1.54, 1.807) is 13.2 Å². The number of benzene rings is 1. The number of Topliss-reactive ketones (excluding diaryl/α,β-unsaturated/α-hetero) is 1. The van der Waals surface area contributed by atoms with Gasteiger partial charge in [0.05, 0.1) is 23.4 Å². The van der Waals surface area contributed by atoms with Gasteiger partial charge in [-0.3, -0.25) is 4.79 Å². The number of aryl methyl sites for hydroxylation is 1. The van der Waals surface area contributed by atoms with Crippen molar-refractivity contribution in [2.45, 2.75) is 20.8 Å². The molecule has 126 valence electrons. The summed E-state index contributed by atoms with van der Waals surface area (Å²) in [5.74, 6) is 1.19. The van der Waals surface area contributed by atoms with Crippen molar-refractivity contribution < 1.29 is 9.21 Å². The molecule has 0 amide bonds. The number of ketones is 1. The van der Waals surface area contributed by atoms with Crippen LogP contribution in [-0.4, -0.2) is 21.5 Å². The molecule has 0 aliphatic rings. The number of anilines is 2. The fourth-order valence-corrected chi connectivity index (χ4v) is 2.30. The summed E-state index contributed by atoms with van der Waals surface area (Å²) in [4.78, 5) is 24.4. The molecule has 1 aromatic carbocycles. The number of aliphatic imine (C=N–C) groups is 1. The second kappa shape index (κ2) is 7.09. The molecule has 0 saturated heterocycles. The lowest BCUT2D eigenvalue weighted by Crippen LogP contribution is -2.05. The lowest BCUT2D eigenvalue weighted by Gasteiger charge is -2.13. The molecule has 0 radical (unpaired) electrons. The minimum Gasteiger partial charge on any atom is -0.464 e. The molecule has 0 atom stereocenters. The second-order valence-corrected chi connectivity index (χ2v) is 5.56. The van der Waals surface area contributed by atoms with Crippen LogP contribution >= 0.6 is 0 Å². The van der Waals surface area contributed by atoms with Crippen molar-refractivity contribution in [3.8, 4) is 11.3 Å². The Kier molecular flexibility index (Phi) is 4.70. The van der Waals surface area contributed by atoms with Gasteiger partial charge in [-0.1, -0.05) is 12.1 Å². The van der Waals surface area contributed by atoms with Crippen LogP contribution in [0.4, 0.5) is 17.2 Å². The first-order valence-corrected chi connectivity index (χ1v) is 7.84. The zero-order chi connectivity index (χ0) is 17.8. The second-order valence-electron chi connectivity index (χ2n) is 5.56. The van der Waals surface area contributed by atoms with Crippen LogP contribution in [0.25, 0.3) is 11.3 Å². The quantitative estimate of drug-likeness (QED) is 0.696. The average Bonchev–Trinajstić information content (AvgIpc) is 3.12. The Morgan fingerprint density at radius 2 is 1.92 bits per heavy atom.